The first-order valence-corrected chi connectivity index (χ1v) is 9.66. The molecule has 0 atom stereocenters. The second-order valence-corrected chi connectivity index (χ2v) is 7.44. The van der Waals surface area contributed by atoms with Gasteiger partial charge in [0.2, 0.25) is 5.91 Å². The molecule has 2 aromatic rings. The van der Waals surface area contributed by atoms with Gasteiger partial charge in [0.05, 0.1) is 24.0 Å². The Bertz CT molecular complexity index is 850. The highest BCUT2D eigenvalue weighted by molar-refractivity contribution is 8.00. The van der Waals surface area contributed by atoms with E-state index in [0.29, 0.717) is 17.7 Å². The smallest absolute Gasteiger partial charge is 0.337 e. The lowest BCUT2D eigenvalue weighted by Gasteiger charge is -2.19. The van der Waals surface area contributed by atoms with Gasteiger partial charge in [-0.3, -0.25) is 9.59 Å². The van der Waals surface area contributed by atoms with Crippen LogP contribution in [0, 0.1) is 0 Å². The first-order chi connectivity index (χ1) is 13.3. The van der Waals surface area contributed by atoms with Gasteiger partial charge in [-0.15, -0.1) is 11.8 Å². The van der Waals surface area contributed by atoms with Crippen molar-refractivity contribution < 1.29 is 19.1 Å². The quantitative estimate of drug-likeness (QED) is 0.528. The van der Waals surface area contributed by atoms with Crippen LogP contribution < -0.4 is 0 Å². The molecule has 0 aliphatic carbocycles. The van der Waals surface area contributed by atoms with E-state index < -0.39 is 5.97 Å². The number of nitrogens with zero attached hydrogens (tertiary/aromatic N) is 2. The van der Waals surface area contributed by atoms with Gasteiger partial charge in [0.25, 0.3) is 5.91 Å². The van der Waals surface area contributed by atoms with Gasteiger partial charge in [0.1, 0.15) is 0 Å². The number of methoxy groups -OCH3 is 1. The summed E-state index contributed by atoms with van der Waals surface area (Å²) in [5.41, 5.74) is 1.93. The van der Waals surface area contributed by atoms with Gasteiger partial charge < -0.3 is 14.5 Å². The van der Waals surface area contributed by atoms with E-state index in [1.807, 2.05) is 18.2 Å². The molecule has 0 saturated heterocycles. The number of benzene rings is 2. The van der Waals surface area contributed by atoms with Gasteiger partial charge in [-0.05, 0) is 29.8 Å². The first-order valence-electron chi connectivity index (χ1n) is 8.68. The van der Waals surface area contributed by atoms with Crippen LogP contribution in [0.4, 0.5) is 0 Å². The molecule has 0 heterocycles. The second-order valence-electron chi connectivity index (χ2n) is 6.42. The van der Waals surface area contributed by atoms with Crippen LogP contribution in [-0.4, -0.2) is 61.6 Å². The molecule has 6 nitrogen and oxygen atoms in total. The number of hydrogen-bond acceptors (Lipinski definition) is 5. The monoisotopic (exact) mass is 400 g/mol. The number of carbonyl (C=O) groups is 3. The Morgan fingerprint density at radius 3 is 2.21 bits per heavy atom. The van der Waals surface area contributed by atoms with Crippen molar-refractivity contribution in [1.29, 1.82) is 0 Å². The summed E-state index contributed by atoms with van der Waals surface area (Å²) in [4.78, 5) is 40.2. The molecular weight excluding hydrogens is 376 g/mol. The van der Waals surface area contributed by atoms with Crippen molar-refractivity contribution in [3.8, 4) is 0 Å². The van der Waals surface area contributed by atoms with E-state index in [1.165, 1.54) is 23.8 Å². The number of rotatable bonds is 7. The topological polar surface area (TPSA) is 66.9 Å². The zero-order valence-electron chi connectivity index (χ0n) is 16.5. The highest BCUT2D eigenvalue weighted by atomic mass is 32.2. The molecule has 28 heavy (non-hydrogen) atoms. The molecule has 148 valence electrons. The average molecular weight is 401 g/mol. The van der Waals surface area contributed by atoms with Crippen molar-refractivity contribution >= 4 is 29.5 Å². The molecule has 0 aromatic heterocycles. The Hall–Kier alpha value is -2.80. The van der Waals surface area contributed by atoms with Gasteiger partial charge in [-0.25, -0.2) is 4.79 Å². The van der Waals surface area contributed by atoms with Gasteiger partial charge >= 0.3 is 5.97 Å². The number of esters is 1. The van der Waals surface area contributed by atoms with Gasteiger partial charge in [-0.1, -0.05) is 24.3 Å². The largest absolute Gasteiger partial charge is 0.465 e. The molecule has 0 fully saturated rings. The summed E-state index contributed by atoms with van der Waals surface area (Å²) in [7, 11) is 6.48. The Labute approximate surface area is 169 Å². The fraction of sp³-hybridized carbons (Fsp3) is 0.286. The minimum Gasteiger partial charge on any atom is -0.465 e. The van der Waals surface area contributed by atoms with E-state index in [1.54, 1.807) is 56.4 Å². The van der Waals surface area contributed by atoms with Crippen LogP contribution >= 0.6 is 11.8 Å². The average Bonchev–Trinajstić information content (AvgIpc) is 2.71. The fourth-order valence-corrected chi connectivity index (χ4v) is 3.48. The predicted octanol–water partition coefficient (Wildman–Crippen LogP) is 2.93. The molecule has 2 aromatic carbocycles. The molecule has 0 saturated carbocycles. The van der Waals surface area contributed by atoms with Crippen LogP contribution in [0.25, 0.3) is 0 Å². The maximum absolute atomic E-state index is 12.9. The molecule has 7 heteroatoms. The third kappa shape index (κ3) is 5.60. The van der Waals surface area contributed by atoms with Crippen LogP contribution in [0.3, 0.4) is 0 Å². The summed E-state index contributed by atoms with van der Waals surface area (Å²) >= 11 is 1.35. The highest BCUT2D eigenvalue weighted by Gasteiger charge is 2.17. The van der Waals surface area contributed by atoms with Gasteiger partial charge in [0.15, 0.2) is 0 Å². The van der Waals surface area contributed by atoms with Crippen LogP contribution in [0.2, 0.25) is 0 Å². The Kier molecular flexibility index (Phi) is 7.63. The maximum Gasteiger partial charge on any atom is 0.337 e. The number of ether oxygens (including phenoxy) is 1. The fourth-order valence-electron chi connectivity index (χ4n) is 2.45. The predicted molar refractivity (Wildman–Crippen MR) is 109 cm³/mol. The van der Waals surface area contributed by atoms with Crippen LogP contribution in [0.15, 0.2) is 53.4 Å². The zero-order valence-corrected chi connectivity index (χ0v) is 17.3. The summed E-state index contributed by atoms with van der Waals surface area (Å²) < 4.78 is 4.69. The van der Waals surface area contributed by atoms with E-state index in [-0.39, 0.29) is 17.6 Å². The Morgan fingerprint density at radius 1 is 0.964 bits per heavy atom. The molecule has 2 rings (SSSR count). The Balaban J connectivity index is 2.08. The number of thioether (sulfide) groups is 1. The third-order valence-electron chi connectivity index (χ3n) is 4.11. The highest BCUT2D eigenvalue weighted by Crippen LogP contribution is 2.24. The maximum atomic E-state index is 12.9. The molecule has 0 unspecified atom stereocenters. The van der Waals surface area contributed by atoms with Crippen molar-refractivity contribution in [3.05, 3.63) is 65.2 Å². The van der Waals surface area contributed by atoms with E-state index in [4.69, 9.17) is 0 Å². The Morgan fingerprint density at radius 2 is 1.61 bits per heavy atom. The molecule has 0 N–H and O–H groups in total. The van der Waals surface area contributed by atoms with Gasteiger partial charge in [0, 0.05) is 32.6 Å². The number of hydrogen-bond donors (Lipinski definition) is 0. The molecular formula is C21H24N2O4S. The van der Waals surface area contributed by atoms with Crippen molar-refractivity contribution in [1.82, 2.24) is 9.80 Å². The number of carbonyl (C=O) groups excluding carboxylic acids is 3. The molecule has 0 radical (unpaired) electrons. The van der Waals surface area contributed by atoms with Crippen LogP contribution in [-0.2, 0) is 16.1 Å². The normalized spacial score (nSPS) is 10.3. The summed E-state index contributed by atoms with van der Waals surface area (Å²) in [5, 5.41) is 0. The summed E-state index contributed by atoms with van der Waals surface area (Å²) in [5.74, 6) is -0.256. The molecule has 0 spiro atoms. The van der Waals surface area contributed by atoms with Crippen molar-refractivity contribution in [2.45, 2.75) is 11.4 Å². The second kappa shape index (κ2) is 9.94. The van der Waals surface area contributed by atoms with Gasteiger partial charge in [-0.2, -0.15) is 0 Å². The molecule has 0 bridgehead atoms. The van der Waals surface area contributed by atoms with E-state index in [9.17, 15) is 14.4 Å². The first kappa shape index (κ1) is 21.5. The van der Waals surface area contributed by atoms with Crippen molar-refractivity contribution in [2.24, 2.45) is 0 Å². The summed E-state index contributed by atoms with van der Waals surface area (Å²) in [6.07, 6.45) is 0. The van der Waals surface area contributed by atoms with Crippen molar-refractivity contribution in [3.63, 3.8) is 0 Å². The van der Waals surface area contributed by atoms with Crippen molar-refractivity contribution in [2.75, 3.05) is 34.0 Å². The lowest BCUT2D eigenvalue weighted by atomic mass is 10.1. The third-order valence-corrected chi connectivity index (χ3v) is 5.17. The molecule has 0 aliphatic heterocycles. The summed E-state index contributed by atoms with van der Waals surface area (Å²) in [6.45, 7) is 0.399. The van der Waals surface area contributed by atoms with Crippen LogP contribution in [0.5, 0.6) is 0 Å². The minimum absolute atomic E-state index is 0.00805. The molecule has 0 aliphatic rings. The minimum atomic E-state index is -0.394. The van der Waals surface area contributed by atoms with E-state index in [0.717, 1.165) is 10.5 Å². The lowest BCUT2D eigenvalue weighted by Crippen LogP contribution is -2.27. The standard InChI is InChI=1S/C21H24N2O4S/c1-22(2)19(24)14-28-18-8-6-5-7-17(18)20(25)23(3)13-15-9-11-16(12-10-15)21(26)27-4/h5-12H,13-14H2,1-4H3. The lowest BCUT2D eigenvalue weighted by molar-refractivity contribution is -0.125. The van der Waals surface area contributed by atoms with Crippen LogP contribution in [0.1, 0.15) is 26.3 Å². The summed E-state index contributed by atoms with van der Waals surface area (Å²) in [6, 6.07) is 14.2. The number of amides is 2. The zero-order chi connectivity index (χ0) is 20.7. The molecule has 2 amide bonds. The van der Waals surface area contributed by atoms with E-state index in [2.05, 4.69) is 4.74 Å². The SMILES string of the molecule is COC(=O)c1ccc(CN(C)C(=O)c2ccccc2SCC(=O)N(C)C)cc1. The van der Waals surface area contributed by atoms with E-state index >= 15 is 0 Å².